The van der Waals surface area contributed by atoms with Gasteiger partial charge in [-0.05, 0) is 70.6 Å². The topological polar surface area (TPSA) is 51.2 Å². The maximum Gasteiger partial charge on any atom is 0.253 e. The molecule has 1 unspecified atom stereocenters. The van der Waals surface area contributed by atoms with Gasteiger partial charge in [-0.15, -0.1) is 0 Å². The molecule has 2 fully saturated rings. The van der Waals surface area contributed by atoms with Gasteiger partial charge < -0.3 is 10.2 Å². The Balaban J connectivity index is 2.16. The van der Waals surface area contributed by atoms with Crippen LogP contribution in [0.1, 0.15) is 47.0 Å². The molecule has 33 heavy (non-hydrogen) atoms. The Hall–Kier alpha value is -2.02. The summed E-state index contributed by atoms with van der Waals surface area (Å²) in [5.74, 6) is -0.142. The average molecular weight is 456 g/mol. The number of piperazine rings is 1. The van der Waals surface area contributed by atoms with Gasteiger partial charge in [-0.1, -0.05) is 38.2 Å². The third-order valence-electron chi connectivity index (χ3n) is 7.06. The number of likely N-dealkylation sites (N-methyl/N-ethyl adjacent to an activating group) is 1. The van der Waals surface area contributed by atoms with Crippen LogP contribution in [0, 0.1) is 0 Å². The molecule has 1 amide bonds. The Labute approximate surface area is 201 Å². The van der Waals surface area contributed by atoms with Gasteiger partial charge in [0, 0.05) is 51.5 Å². The molecule has 0 aromatic rings. The minimum Gasteiger partial charge on any atom is -0.355 e. The quantitative estimate of drug-likeness (QED) is 0.310. The Morgan fingerprint density at radius 1 is 1.09 bits per heavy atom. The minimum absolute atomic E-state index is 0.142. The van der Waals surface area contributed by atoms with Crippen LogP contribution in [-0.2, 0) is 4.79 Å². The first-order valence-corrected chi connectivity index (χ1v) is 12.6. The van der Waals surface area contributed by atoms with E-state index in [0.717, 1.165) is 37.3 Å². The summed E-state index contributed by atoms with van der Waals surface area (Å²) in [6.45, 7) is 19.8. The molecule has 2 heterocycles. The van der Waals surface area contributed by atoms with Crippen LogP contribution in [0.4, 0.5) is 0 Å². The second-order valence-electron chi connectivity index (χ2n) is 8.92. The highest BCUT2D eigenvalue weighted by molar-refractivity contribution is 5.99. The van der Waals surface area contributed by atoms with E-state index in [9.17, 15) is 4.79 Å². The molecule has 1 N–H and O–H groups in total. The fraction of sp³-hybridized carbons (Fsp3) is 0.630. The van der Waals surface area contributed by atoms with E-state index in [-0.39, 0.29) is 5.91 Å². The average Bonchev–Trinajstić information content (AvgIpc) is 2.86. The van der Waals surface area contributed by atoms with Gasteiger partial charge in [0.1, 0.15) is 0 Å². The molecule has 2 aliphatic heterocycles. The Kier molecular flexibility index (Phi) is 11.8. The van der Waals surface area contributed by atoms with E-state index in [1.165, 1.54) is 38.9 Å². The number of carbonyl (C=O) groups excluding carboxylic acids is 1. The lowest BCUT2D eigenvalue weighted by Gasteiger charge is -2.47. The van der Waals surface area contributed by atoms with Crippen LogP contribution >= 0.6 is 0 Å². The fourth-order valence-electron chi connectivity index (χ4n) is 5.16. The molecule has 184 valence electrons. The summed E-state index contributed by atoms with van der Waals surface area (Å²) in [7, 11) is 1.65. The van der Waals surface area contributed by atoms with Crippen LogP contribution in [0.2, 0.25) is 0 Å². The van der Waals surface area contributed by atoms with Gasteiger partial charge in [0.25, 0.3) is 5.91 Å². The first kappa shape index (κ1) is 27.2. The predicted octanol–water partition coefficient (Wildman–Crippen LogP) is 3.65. The van der Waals surface area contributed by atoms with Crippen LogP contribution in [0.3, 0.4) is 0 Å². The van der Waals surface area contributed by atoms with Gasteiger partial charge in [0.2, 0.25) is 0 Å². The van der Waals surface area contributed by atoms with E-state index in [0.29, 0.717) is 17.7 Å². The minimum atomic E-state index is -0.142. The maximum absolute atomic E-state index is 12.6. The maximum atomic E-state index is 12.6. The van der Waals surface area contributed by atoms with Crippen molar-refractivity contribution in [1.82, 2.24) is 20.0 Å². The summed E-state index contributed by atoms with van der Waals surface area (Å²) in [5, 5.41) is 2.74. The Morgan fingerprint density at radius 3 is 2.36 bits per heavy atom. The number of nitrogens with one attached hydrogen (secondary N) is 1. The molecule has 0 spiro atoms. The molecule has 2 rings (SSSR count). The molecule has 0 aromatic heterocycles. The largest absolute Gasteiger partial charge is 0.355 e. The normalized spacial score (nSPS) is 23.3. The van der Waals surface area contributed by atoms with Crippen molar-refractivity contribution >= 4 is 12.6 Å². The van der Waals surface area contributed by atoms with Gasteiger partial charge >= 0.3 is 0 Å². The molecule has 6 heteroatoms. The molecular weight excluding hydrogens is 410 g/mol. The zero-order chi connectivity index (χ0) is 24.2. The summed E-state index contributed by atoms with van der Waals surface area (Å²) in [4.78, 5) is 24.4. The molecule has 0 aromatic carbocycles. The molecule has 2 aliphatic rings. The van der Waals surface area contributed by atoms with Crippen molar-refractivity contribution in [2.75, 3.05) is 52.9 Å². The van der Waals surface area contributed by atoms with E-state index in [2.05, 4.69) is 57.7 Å². The number of allylic oxidation sites excluding steroid dienone is 4. The molecular formula is C27H45N5O. The summed E-state index contributed by atoms with van der Waals surface area (Å²) in [5.41, 5.74) is 2.61. The van der Waals surface area contributed by atoms with Gasteiger partial charge in [0.05, 0.1) is 5.57 Å². The summed E-state index contributed by atoms with van der Waals surface area (Å²) in [6.07, 6.45) is 13.5. The number of rotatable bonds is 10. The van der Waals surface area contributed by atoms with E-state index in [4.69, 9.17) is 0 Å². The summed E-state index contributed by atoms with van der Waals surface area (Å²) < 4.78 is 0. The fourth-order valence-corrected chi connectivity index (χ4v) is 5.16. The number of aliphatic imine (C=N–C) groups is 1. The molecule has 1 atom stereocenters. The predicted molar refractivity (Wildman–Crippen MR) is 141 cm³/mol. The number of carbonyl (C=O) groups is 1. The number of hydrogen-bond donors (Lipinski definition) is 1. The first-order valence-electron chi connectivity index (χ1n) is 12.6. The van der Waals surface area contributed by atoms with E-state index in [1.807, 2.05) is 26.0 Å². The Bertz CT molecular complexity index is 758. The molecule has 0 bridgehead atoms. The smallest absolute Gasteiger partial charge is 0.253 e. The third kappa shape index (κ3) is 7.49. The Morgan fingerprint density at radius 2 is 1.82 bits per heavy atom. The zero-order valence-electron chi connectivity index (χ0n) is 21.5. The van der Waals surface area contributed by atoms with E-state index < -0.39 is 0 Å². The van der Waals surface area contributed by atoms with Crippen LogP contribution in [-0.4, -0.2) is 92.3 Å². The van der Waals surface area contributed by atoms with Crippen molar-refractivity contribution in [3.05, 3.63) is 47.2 Å². The molecule has 0 radical (unpaired) electrons. The molecule has 0 aliphatic carbocycles. The lowest BCUT2D eigenvalue weighted by atomic mass is 9.94. The van der Waals surface area contributed by atoms with Gasteiger partial charge in [-0.2, -0.15) is 0 Å². The van der Waals surface area contributed by atoms with Crippen molar-refractivity contribution in [2.24, 2.45) is 4.99 Å². The standard InChI is InChI=1S/C27H45N5O/c1-7-11-12-22(25(9-3)26(19-28-5)27(33)29-6)20-31-17-18-32(23(8-2)21-31)24-13-15-30(10-4)16-14-24/h7,9,11-12,19,23-24H,5,8,10,13-18,20-21H2,1-4,6H3,(H,29,33)/b11-7?,22-12-,25-9+,26-19+. The van der Waals surface area contributed by atoms with Crippen molar-refractivity contribution in [1.29, 1.82) is 0 Å². The second kappa shape index (κ2) is 14.3. The lowest BCUT2D eigenvalue weighted by Crippen LogP contribution is -2.58. The highest BCUT2D eigenvalue weighted by atomic mass is 16.1. The van der Waals surface area contributed by atoms with Gasteiger partial charge in [0.15, 0.2) is 0 Å². The number of likely N-dealkylation sites (tertiary alicyclic amines) is 1. The van der Waals surface area contributed by atoms with Crippen LogP contribution in [0.15, 0.2) is 52.2 Å². The SMILES string of the molecule is C=N\C=C(C(=O)NC)/C(=C/C)C(=C\C=CC)/CN1CCN(C2CCN(CC)CC2)C(CC)C1. The molecule has 6 nitrogen and oxygen atoms in total. The number of nitrogens with zero attached hydrogens (tertiary/aromatic N) is 4. The van der Waals surface area contributed by atoms with Crippen molar-refractivity contribution < 1.29 is 4.79 Å². The van der Waals surface area contributed by atoms with E-state index >= 15 is 0 Å². The summed E-state index contributed by atoms with van der Waals surface area (Å²) in [6, 6.07) is 1.29. The number of hydrogen-bond acceptors (Lipinski definition) is 5. The molecule has 0 saturated carbocycles. The van der Waals surface area contributed by atoms with Gasteiger partial charge in [-0.3, -0.25) is 19.6 Å². The molecule has 2 saturated heterocycles. The van der Waals surface area contributed by atoms with Crippen LogP contribution in [0.25, 0.3) is 0 Å². The van der Waals surface area contributed by atoms with Gasteiger partial charge in [-0.25, -0.2) is 0 Å². The van der Waals surface area contributed by atoms with Crippen molar-refractivity contribution in [3.63, 3.8) is 0 Å². The lowest BCUT2D eigenvalue weighted by molar-refractivity contribution is -0.116. The third-order valence-corrected chi connectivity index (χ3v) is 7.06. The monoisotopic (exact) mass is 455 g/mol. The number of amides is 1. The second-order valence-corrected chi connectivity index (χ2v) is 8.92. The highest BCUT2D eigenvalue weighted by Crippen LogP contribution is 2.26. The highest BCUT2D eigenvalue weighted by Gasteiger charge is 2.33. The zero-order valence-corrected chi connectivity index (χ0v) is 21.5. The van der Waals surface area contributed by atoms with Crippen LogP contribution in [0.5, 0.6) is 0 Å². The number of piperidine rings is 1. The van der Waals surface area contributed by atoms with Crippen LogP contribution < -0.4 is 5.32 Å². The first-order chi connectivity index (χ1) is 16.0. The van der Waals surface area contributed by atoms with Crippen molar-refractivity contribution in [3.8, 4) is 0 Å². The van der Waals surface area contributed by atoms with Crippen molar-refractivity contribution in [2.45, 2.75) is 59.0 Å². The summed E-state index contributed by atoms with van der Waals surface area (Å²) >= 11 is 0. The van der Waals surface area contributed by atoms with E-state index in [1.54, 1.807) is 13.2 Å².